The third-order valence-corrected chi connectivity index (χ3v) is 5.67. The summed E-state index contributed by atoms with van der Waals surface area (Å²) in [5.74, 6) is 1.84. The molecule has 7 heteroatoms. The standard InChI is InChI=1S/C23H24N6O/c1-14(2)16-4-5-19-18(12-30-22(19)9-16)10-29-11-21(25-13-29)20-8-17(6-7-24-20)23-15(3)26-28-27-23/h4-9,11,13-14,18H,10,12H2,1-3H3,(H,26,27,28)/t18-/m0/s1. The summed E-state index contributed by atoms with van der Waals surface area (Å²) in [6.07, 6.45) is 5.69. The molecule has 0 radical (unpaired) electrons. The first-order valence-corrected chi connectivity index (χ1v) is 10.2. The Morgan fingerprint density at radius 3 is 2.87 bits per heavy atom. The lowest BCUT2D eigenvalue weighted by Gasteiger charge is -2.11. The molecule has 0 saturated heterocycles. The number of ether oxygens (including phenoxy) is 1. The highest BCUT2D eigenvalue weighted by Crippen LogP contribution is 2.37. The van der Waals surface area contributed by atoms with Crippen LogP contribution >= 0.6 is 0 Å². The van der Waals surface area contributed by atoms with Gasteiger partial charge in [0.25, 0.3) is 0 Å². The molecule has 0 aliphatic carbocycles. The van der Waals surface area contributed by atoms with Crippen LogP contribution in [0.5, 0.6) is 5.75 Å². The second-order valence-corrected chi connectivity index (χ2v) is 8.13. The number of aromatic amines is 1. The van der Waals surface area contributed by atoms with Crippen molar-refractivity contribution in [1.29, 1.82) is 0 Å². The molecule has 1 N–H and O–H groups in total. The fraction of sp³-hybridized carbons (Fsp3) is 0.304. The summed E-state index contributed by atoms with van der Waals surface area (Å²) >= 11 is 0. The zero-order valence-corrected chi connectivity index (χ0v) is 17.3. The number of benzene rings is 1. The van der Waals surface area contributed by atoms with E-state index in [0.717, 1.165) is 40.6 Å². The van der Waals surface area contributed by atoms with E-state index < -0.39 is 0 Å². The first kappa shape index (κ1) is 18.5. The molecule has 1 atom stereocenters. The molecule has 0 spiro atoms. The minimum atomic E-state index is 0.320. The fourth-order valence-electron chi connectivity index (χ4n) is 3.92. The van der Waals surface area contributed by atoms with E-state index in [1.54, 1.807) is 6.20 Å². The SMILES string of the molecule is Cc1[nH]nnc1-c1ccnc(-c2cn(C[C@H]3COc4cc(C(C)C)ccc43)cn2)c1. The van der Waals surface area contributed by atoms with Gasteiger partial charge in [-0.15, -0.1) is 5.10 Å². The molecule has 1 aliphatic rings. The van der Waals surface area contributed by atoms with Gasteiger partial charge in [0.1, 0.15) is 17.1 Å². The molecule has 3 aromatic heterocycles. The number of pyridine rings is 1. The number of fused-ring (bicyclic) bond motifs is 1. The summed E-state index contributed by atoms with van der Waals surface area (Å²) in [5, 5.41) is 10.9. The van der Waals surface area contributed by atoms with Crippen LogP contribution in [0, 0.1) is 6.92 Å². The molecule has 7 nitrogen and oxygen atoms in total. The monoisotopic (exact) mass is 400 g/mol. The molecular weight excluding hydrogens is 376 g/mol. The number of hydrogen-bond acceptors (Lipinski definition) is 5. The van der Waals surface area contributed by atoms with E-state index in [0.29, 0.717) is 18.4 Å². The summed E-state index contributed by atoms with van der Waals surface area (Å²) in [4.78, 5) is 9.08. The molecule has 0 fully saturated rings. The number of H-pyrrole nitrogens is 1. The molecule has 4 heterocycles. The lowest BCUT2D eigenvalue weighted by Crippen LogP contribution is -2.09. The van der Waals surface area contributed by atoms with Crippen LogP contribution in [-0.2, 0) is 6.54 Å². The quantitative estimate of drug-likeness (QED) is 0.539. The van der Waals surface area contributed by atoms with Crippen molar-refractivity contribution in [2.75, 3.05) is 6.61 Å². The van der Waals surface area contributed by atoms with Crippen LogP contribution in [0.4, 0.5) is 0 Å². The largest absolute Gasteiger partial charge is 0.493 e. The van der Waals surface area contributed by atoms with E-state index in [9.17, 15) is 0 Å². The molecule has 0 bridgehead atoms. The van der Waals surface area contributed by atoms with E-state index in [4.69, 9.17) is 4.74 Å². The predicted octanol–water partition coefficient (Wildman–Crippen LogP) is 4.34. The normalized spacial score (nSPS) is 15.4. The van der Waals surface area contributed by atoms with E-state index in [1.165, 1.54) is 11.1 Å². The van der Waals surface area contributed by atoms with Gasteiger partial charge in [0.2, 0.25) is 0 Å². The summed E-state index contributed by atoms with van der Waals surface area (Å²) in [6.45, 7) is 7.88. The minimum absolute atomic E-state index is 0.320. The maximum atomic E-state index is 5.97. The average molecular weight is 400 g/mol. The van der Waals surface area contributed by atoms with Gasteiger partial charge in [-0.05, 0) is 36.6 Å². The van der Waals surface area contributed by atoms with E-state index in [1.807, 2.05) is 31.6 Å². The van der Waals surface area contributed by atoms with E-state index in [-0.39, 0.29) is 0 Å². The van der Waals surface area contributed by atoms with Crippen LogP contribution in [0.1, 0.15) is 42.5 Å². The Bertz CT molecular complexity index is 1190. The van der Waals surface area contributed by atoms with Crippen molar-refractivity contribution in [3.05, 3.63) is 65.9 Å². The lowest BCUT2D eigenvalue weighted by molar-refractivity contribution is 0.318. The third kappa shape index (κ3) is 3.36. The maximum Gasteiger partial charge on any atom is 0.123 e. The van der Waals surface area contributed by atoms with Crippen molar-refractivity contribution in [1.82, 2.24) is 29.9 Å². The summed E-state index contributed by atoms with van der Waals surface area (Å²) in [6, 6.07) is 10.5. The Morgan fingerprint density at radius 2 is 2.07 bits per heavy atom. The predicted molar refractivity (Wildman–Crippen MR) is 114 cm³/mol. The van der Waals surface area contributed by atoms with Crippen LogP contribution in [-0.4, -0.2) is 36.6 Å². The number of aryl methyl sites for hydroxylation is 1. The number of hydrogen-bond donors (Lipinski definition) is 1. The Labute approximate surface area is 175 Å². The van der Waals surface area contributed by atoms with Crippen molar-refractivity contribution in [2.24, 2.45) is 0 Å². The third-order valence-electron chi connectivity index (χ3n) is 5.67. The Hall–Kier alpha value is -3.48. The number of nitrogens with zero attached hydrogens (tertiary/aromatic N) is 5. The minimum Gasteiger partial charge on any atom is -0.493 e. The molecule has 0 saturated carbocycles. The second-order valence-electron chi connectivity index (χ2n) is 8.13. The fourth-order valence-corrected chi connectivity index (χ4v) is 3.92. The molecular formula is C23H24N6O. The molecule has 1 aliphatic heterocycles. The zero-order valence-electron chi connectivity index (χ0n) is 17.3. The van der Waals surface area contributed by atoms with Crippen molar-refractivity contribution < 1.29 is 4.74 Å². The molecule has 5 rings (SSSR count). The van der Waals surface area contributed by atoms with Crippen molar-refractivity contribution >= 4 is 0 Å². The van der Waals surface area contributed by atoms with Gasteiger partial charge in [-0.2, -0.15) is 0 Å². The number of nitrogens with one attached hydrogen (secondary N) is 1. The smallest absolute Gasteiger partial charge is 0.123 e. The van der Waals surface area contributed by atoms with Crippen molar-refractivity contribution in [3.8, 4) is 28.4 Å². The average Bonchev–Trinajstić information content (AvgIpc) is 3.48. The zero-order chi connectivity index (χ0) is 20.7. The second kappa shape index (κ2) is 7.40. The summed E-state index contributed by atoms with van der Waals surface area (Å²) < 4.78 is 8.09. The van der Waals surface area contributed by atoms with E-state index >= 15 is 0 Å². The van der Waals surface area contributed by atoms with Crippen molar-refractivity contribution in [2.45, 2.75) is 39.2 Å². The van der Waals surface area contributed by atoms with Gasteiger partial charge >= 0.3 is 0 Å². The number of rotatable bonds is 5. The Kier molecular flexibility index (Phi) is 4.58. The van der Waals surface area contributed by atoms with Gasteiger partial charge in [0.05, 0.1) is 24.3 Å². The Morgan fingerprint density at radius 1 is 1.17 bits per heavy atom. The van der Waals surface area contributed by atoms with Crippen LogP contribution < -0.4 is 4.74 Å². The van der Waals surface area contributed by atoms with Crippen LogP contribution in [0.15, 0.2) is 49.1 Å². The van der Waals surface area contributed by atoms with Gasteiger partial charge in [0.15, 0.2) is 0 Å². The molecule has 152 valence electrons. The van der Waals surface area contributed by atoms with Crippen molar-refractivity contribution in [3.63, 3.8) is 0 Å². The Balaban J connectivity index is 1.36. The molecule has 1 aromatic carbocycles. The highest BCUT2D eigenvalue weighted by atomic mass is 16.5. The molecule has 0 unspecified atom stereocenters. The number of aromatic nitrogens is 6. The van der Waals surface area contributed by atoms with Gasteiger partial charge in [0, 0.05) is 36.0 Å². The lowest BCUT2D eigenvalue weighted by atomic mass is 9.96. The first-order valence-electron chi connectivity index (χ1n) is 10.2. The molecule has 4 aromatic rings. The van der Waals surface area contributed by atoms with Crippen LogP contribution in [0.2, 0.25) is 0 Å². The van der Waals surface area contributed by atoms with Gasteiger partial charge in [-0.3, -0.25) is 10.1 Å². The highest BCUT2D eigenvalue weighted by Gasteiger charge is 2.25. The number of imidazole rings is 1. The van der Waals surface area contributed by atoms with Gasteiger partial charge < -0.3 is 9.30 Å². The van der Waals surface area contributed by atoms with Gasteiger partial charge in [-0.25, -0.2) is 4.98 Å². The summed E-state index contributed by atoms with van der Waals surface area (Å²) in [7, 11) is 0. The van der Waals surface area contributed by atoms with Gasteiger partial charge in [-0.1, -0.05) is 31.2 Å². The topological polar surface area (TPSA) is 81.5 Å². The van der Waals surface area contributed by atoms with E-state index in [2.05, 4.69) is 62.0 Å². The maximum absolute atomic E-state index is 5.97. The van der Waals surface area contributed by atoms with Crippen LogP contribution in [0.25, 0.3) is 22.6 Å². The van der Waals surface area contributed by atoms with Crippen LogP contribution in [0.3, 0.4) is 0 Å². The first-order chi connectivity index (χ1) is 14.6. The summed E-state index contributed by atoms with van der Waals surface area (Å²) in [5.41, 5.74) is 6.98. The molecule has 0 amide bonds. The highest BCUT2D eigenvalue weighted by molar-refractivity contribution is 5.67. The molecule has 30 heavy (non-hydrogen) atoms.